The van der Waals surface area contributed by atoms with Crippen molar-refractivity contribution >= 4 is 15.9 Å². The fourth-order valence-corrected chi connectivity index (χ4v) is 2.34. The summed E-state index contributed by atoms with van der Waals surface area (Å²) in [6, 6.07) is 5.87. The normalized spacial score (nSPS) is 11.4. The van der Waals surface area contributed by atoms with Crippen LogP contribution in [0.2, 0.25) is 0 Å². The molecular formula is C15H15BrF2N2O. The van der Waals surface area contributed by atoms with Crippen molar-refractivity contribution in [2.24, 2.45) is 5.92 Å². The molecule has 0 atom stereocenters. The van der Waals surface area contributed by atoms with E-state index >= 15 is 0 Å². The fraction of sp³-hybridized carbons (Fsp3) is 0.333. The van der Waals surface area contributed by atoms with Crippen LogP contribution in [-0.2, 0) is 6.42 Å². The molecular weight excluding hydrogens is 342 g/mol. The molecule has 21 heavy (non-hydrogen) atoms. The number of nitrogens with zero attached hydrogens (tertiary/aromatic N) is 1. The lowest BCUT2D eigenvalue weighted by Gasteiger charge is -2.09. The zero-order chi connectivity index (χ0) is 15.6. The summed E-state index contributed by atoms with van der Waals surface area (Å²) in [7, 11) is 0. The quantitative estimate of drug-likeness (QED) is 0.885. The Morgan fingerprint density at radius 2 is 2.05 bits per heavy atom. The van der Waals surface area contributed by atoms with E-state index in [1.54, 1.807) is 6.07 Å². The van der Waals surface area contributed by atoms with Crippen molar-refractivity contribution in [3.8, 4) is 11.4 Å². The van der Waals surface area contributed by atoms with E-state index in [-0.39, 0.29) is 11.1 Å². The fourth-order valence-electron chi connectivity index (χ4n) is 1.99. The van der Waals surface area contributed by atoms with Crippen molar-refractivity contribution in [1.29, 1.82) is 0 Å². The van der Waals surface area contributed by atoms with Crippen LogP contribution in [-0.4, -0.2) is 9.97 Å². The van der Waals surface area contributed by atoms with E-state index in [1.165, 1.54) is 18.2 Å². The standard InChI is InChI=1S/C15H15BrF2N2O/c1-8(2)6-11-12(16)15(21)20-14(19-11)10-5-3-4-9(7-10)13(17)18/h3-5,7-8,13H,6H2,1-2H3,(H,19,20,21). The molecule has 2 rings (SSSR count). The van der Waals surface area contributed by atoms with Gasteiger partial charge in [-0.05, 0) is 34.3 Å². The number of aromatic amines is 1. The Balaban J connectivity index is 2.51. The van der Waals surface area contributed by atoms with Gasteiger partial charge in [0.05, 0.1) is 5.69 Å². The summed E-state index contributed by atoms with van der Waals surface area (Å²) in [6.45, 7) is 4.04. The third kappa shape index (κ3) is 3.75. The van der Waals surface area contributed by atoms with E-state index in [0.29, 0.717) is 33.9 Å². The first kappa shape index (κ1) is 15.8. The van der Waals surface area contributed by atoms with Crippen molar-refractivity contribution < 1.29 is 8.78 Å². The molecule has 112 valence electrons. The number of benzene rings is 1. The molecule has 2 aromatic rings. The van der Waals surface area contributed by atoms with E-state index in [0.717, 1.165) is 0 Å². The van der Waals surface area contributed by atoms with Crippen LogP contribution in [0.25, 0.3) is 11.4 Å². The molecule has 0 aliphatic heterocycles. The second kappa shape index (κ2) is 6.47. The number of halogens is 3. The van der Waals surface area contributed by atoms with Gasteiger partial charge in [-0.3, -0.25) is 4.79 Å². The van der Waals surface area contributed by atoms with Crippen molar-refractivity contribution in [2.45, 2.75) is 26.7 Å². The van der Waals surface area contributed by atoms with Crippen molar-refractivity contribution in [1.82, 2.24) is 9.97 Å². The van der Waals surface area contributed by atoms with Gasteiger partial charge in [-0.15, -0.1) is 0 Å². The van der Waals surface area contributed by atoms with Crippen molar-refractivity contribution in [2.75, 3.05) is 0 Å². The predicted molar refractivity (Wildman–Crippen MR) is 81.5 cm³/mol. The maximum absolute atomic E-state index is 12.8. The van der Waals surface area contributed by atoms with Gasteiger partial charge in [0.15, 0.2) is 0 Å². The maximum atomic E-state index is 12.8. The molecule has 0 spiro atoms. The van der Waals surface area contributed by atoms with Crippen LogP contribution >= 0.6 is 15.9 Å². The Bertz CT molecular complexity index is 698. The Kier molecular flexibility index (Phi) is 4.88. The molecule has 1 aromatic carbocycles. The van der Waals surface area contributed by atoms with Gasteiger partial charge in [0.25, 0.3) is 12.0 Å². The molecule has 1 heterocycles. The number of rotatable bonds is 4. The van der Waals surface area contributed by atoms with Crippen LogP contribution in [0.3, 0.4) is 0 Å². The van der Waals surface area contributed by atoms with Gasteiger partial charge in [0.1, 0.15) is 10.3 Å². The SMILES string of the molecule is CC(C)Cc1nc(-c2cccc(C(F)F)c2)[nH]c(=O)c1Br. The third-order valence-electron chi connectivity index (χ3n) is 2.95. The van der Waals surface area contributed by atoms with Gasteiger partial charge in [-0.25, -0.2) is 13.8 Å². The van der Waals surface area contributed by atoms with Crippen LogP contribution < -0.4 is 5.56 Å². The lowest BCUT2D eigenvalue weighted by Crippen LogP contribution is -2.15. The number of nitrogens with one attached hydrogen (secondary N) is 1. The molecule has 1 aromatic heterocycles. The van der Waals surface area contributed by atoms with Crippen LogP contribution in [0.15, 0.2) is 33.5 Å². The number of H-pyrrole nitrogens is 1. The van der Waals surface area contributed by atoms with Crippen molar-refractivity contribution in [3.63, 3.8) is 0 Å². The van der Waals surface area contributed by atoms with Gasteiger partial charge in [0.2, 0.25) is 0 Å². The summed E-state index contributed by atoms with van der Waals surface area (Å²) in [6.07, 6.45) is -1.92. The smallest absolute Gasteiger partial charge is 0.265 e. The van der Waals surface area contributed by atoms with E-state index in [1.807, 2.05) is 13.8 Å². The summed E-state index contributed by atoms with van der Waals surface area (Å²) in [5, 5.41) is 0. The minimum atomic E-state index is -2.55. The molecule has 0 radical (unpaired) electrons. The molecule has 6 heteroatoms. The average molecular weight is 357 g/mol. The molecule has 0 bridgehead atoms. The molecule has 0 unspecified atom stereocenters. The third-order valence-corrected chi connectivity index (χ3v) is 3.76. The van der Waals surface area contributed by atoms with Gasteiger partial charge >= 0.3 is 0 Å². The van der Waals surface area contributed by atoms with E-state index < -0.39 is 6.43 Å². The number of alkyl halides is 2. The largest absolute Gasteiger partial charge is 0.306 e. The van der Waals surface area contributed by atoms with E-state index in [9.17, 15) is 13.6 Å². The van der Waals surface area contributed by atoms with Gasteiger partial charge in [-0.2, -0.15) is 0 Å². The number of aromatic nitrogens is 2. The highest BCUT2D eigenvalue weighted by atomic mass is 79.9. The molecule has 0 saturated heterocycles. The Morgan fingerprint density at radius 3 is 2.67 bits per heavy atom. The first-order valence-electron chi connectivity index (χ1n) is 6.55. The Labute approximate surface area is 129 Å². The lowest BCUT2D eigenvalue weighted by atomic mass is 10.1. The highest BCUT2D eigenvalue weighted by Gasteiger charge is 2.13. The minimum absolute atomic E-state index is 0.0940. The van der Waals surface area contributed by atoms with Crippen LogP contribution in [0.1, 0.15) is 31.5 Å². The highest BCUT2D eigenvalue weighted by molar-refractivity contribution is 9.10. The Morgan fingerprint density at radius 1 is 1.33 bits per heavy atom. The maximum Gasteiger partial charge on any atom is 0.265 e. The van der Waals surface area contributed by atoms with Gasteiger partial charge < -0.3 is 4.98 Å². The number of hydrogen-bond acceptors (Lipinski definition) is 2. The minimum Gasteiger partial charge on any atom is -0.306 e. The molecule has 0 amide bonds. The zero-order valence-corrected chi connectivity index (χ0v) is 13.2. The summed E-state index contributed by atoms with van der Waals surface area (Å²) >= 11 is 3.23. The number of hydrogen-bond donors (Lipinski definition) is 1. The summed E-state index contributed by atoms with van der Waals surface area (Å²) in [5.41, 5.74) is 0.704. The first-order valence-corrected chi connectivity index (χ1v) is 7.35. The first-order chi connectivity index (χ1) is 9.88. The van der Waals surface area contributed by atoms with E-state index in [2.05, 4.69) is 25.9 Å². The zero-order valence-electron chi connectivity index (χ0n) is 11.7. The van der Waals surface area contributed by atoms with Crippen LogP contribution in [0, 0.1) is 5.92 Å². The second-order valence-electron chi connectivity index (χ2n) is 5.20. The summed E-state index contributed by atoms with van der Waals surface area (Å²) < 4.78 is 25.9. The molecule has 0 saturated carbocycles. The predicted octanol–water partition coefficient (Wildman–Crippen LogP) is 4.34. The molecule has 3 nitrogen and oxygen atoms in total. The summed E-state index contributed by atoms with van der Waals surface area (Å²) in [4.78, 5) is 19.0. The molecule has 0 aliphatic rings. The summed E-state index contributed by atoms with van der Waals surface area (Å²) in [5.74, 6) is 0.636. The van der Waals surface area contributed by atoms with Gasteiger partial charge in [-0.1, -0.05) is 32.0 Å². The van der Waals surface area contributed by atoms with E-state index in [4.69, 9.17) is 0 Å². The highest BCUT2D eigenvalue weighted by Crippen LogP contribution is 2.24. The second-order valence-corrected chi connectivity index (χ2v) is 5.99. The molecule has 0 fully saturated rings. The average Bonchev–Trinajstić information content (AvgIpc) is 2.43. The molecule has 0 aliphatic carbocycles. The molecule has 1 N–H and O–H groups in total. The lowest BCUT2D eigenvalue weighted by molar-refractivity contribution is 0.151. The van der Waals surface area contributed by atoms with Gasteiger partial charge in [0, 0.05) is 11.1 Å². The van der Waals surface area contributed by atoms with Crippen LogP contribution in [0.4, 0.5) is 8.78 Å². The topological polar surface area (TPSA) is 45.8 Å². The van der Waals surface area contributed by atoms with Crippen LogP contribution in [0.5, 0.6) is 0 Å². The van der Waals surface area contributed by atoms with Crippen molar-refractivity contribution in [3.05, 3.63) is 50.3 Å². The Hall–Kier alpha value is -1.56. The monoisotopic (exact) mass is 356 g/mol.